The van der Waals surface area contributed by atoms with Crippen LogP contribution in [0.5, 0.6) is 0 Å². The van der Waals surface area contributed by atoms with E-state index in [1.165, 1.54) is 0 Å². The van der Waals surface area contributed by atoms with Crippen LogP contribution in [0.3, 0.4) is 0 Å². The molecule has 0 N–H and O–H groups in total. The van der Waals surface area contributed by atoms with Gasteiger partial charge in [0.25, 0.3) is 0 Å². The number of imidazole rings is 1. The Hall–Kier alpha value is -3.34. The van der Waals surface area contributed by atoms with Crippen LogP contribution in [0.1, 0.15) is 64.7 Å². The monoisotopic (exact) mass is 447 g/mol. The number of nitrogens with zero attached hydrogens (tertiary/aromatic N) is 5. The van der Waals surface area contributed by atoms with E-state index in [0.717, 1.165) is 49.0 Å². The first-order valence-electron chi connectivity index (χ1n) is 11.4. The highest BCUT2D eigenvalue weighted by atomic mass is 16.6. The van der Waals surface area contributed by atoms with E-state index in [0.29, 0.717) is 17.9 Å². The Bertz CT molecular complexity index is 1260. The lowest BCUT2D eigenvalue weighted by molar-refractivity contribution is -0.0264. The lowest BCUT2D eigenvalue weighted by Crippen LogP contribution is -2.45. The zero-order valence-electron chi connectivity index (χ0n) is 19.6. The molecule has 1 amide bonds. The molecule has 172 valence electrons. The Morgan fingerprint density at radius 2 is 2.06 bits per heavy atom. The van der Waals surface area contributed by atoms with E-state index in [4.69, 9.17) is 9.26 Å². The summed E-state index contributed by atoms with van der Waals surface area (Å²) in [5, 5.41) is 13.4. The van der Waals surface area contributed by atoms with Crippen LogP contribution in [0.2, 0.25) is 0 Å². The summed E-state index contributed by atoms with van der Waals surface area (Å²) >= 11 is 0. The molecule has 8 heteroatoms. The molecule has 1 aliphatic carbocycles. The molecule has 1 aliphatic heterocycles. The van der Waals surface area contributed by atoms with Gasteiger partial charge in [-0.25, -0.2) is 9.78 Å². The highest BCUT2D eigenvalue weighted by molar-refractivity contribution is 5.89. The molecule has 2 fully saturated rings. The Morgan fingerprint density at radius 3 is 2.79 bits per heavy atom. The number of aromatic nitrogens is 3. The molecule has 33 heavy (non-hydrogen) atoms. The molecule has 1 saturated carbocycles. The zero-order valence-corrected chi connectivity index (χ0v) is 19.6. The van der Waals surface area contributed by atoms with E-state index in [1.54, 1.807) is 11.0 Å². The lowest BCUT2D eigenvalue weighted by Gasteiger charge is -2.43. The van der Waals surface area contributed by atoms with Gasteiger partial charge in [-0.2, -0.15) is 5.26 Å². The predicted molar refractivity (Wildman–Crippen MR) is 123 cm³/mol. The molecule has 2 atom stereocenters. The molecular formula is C25H29N5O3. The smallest absolute Gasteiger partial charge is 0.416 e. The summed E-state index contributed by atoms with van der Waals surface area (Å²) in [6.07, 6.45) is 5.07. The lowest BCUT2D eigenvalue weighted by atomic mass is 9.68. The predicted octanol–water partition coefficient (Wildman–Crippen LogP) is 5.17. The van der Waals surface area contributed by atoms with Crippen molar-refractivity contribution in [3.63, 3.8) is 0 Å². The number of hydrogen-bond donors (Lipinski definition) is 0. The van der Waals surface area contributed by atoms with Gasteiger partial charge in [-0.3, -0.25) is 4.90 Å². The SMILES string of the molecule is CC(C)(C)c1cc(N2C[C@@]3(CCC[C@](C)(Cn4cnc5ccc(C#N)cc54)C3)OC2=O)no1. The average Bonchev–Trinajstić information content (AvgIpc) is 3.45. The van der Waals surface area contributed by atoms with Gasteiger partial charge in [0.1, 0.15) is 11.4 Å². The number of carbonyl (C=O) groups excluding carboxylic acids is 1. The number of nitriles is 1. The minimum Gasteiger partial charge on any atom is -0.441 e. The number of rotatable bonds is 3. The number of hydrogen-bond acceptors (Lipinski definition) is 6. The molecule has 3 aromatic rings. The Morgan fingerprint density at radius 1 is 1.24 bits per heavy atom. The summed E-state index contributed by atoms with van der Waals surface area (Å²) in [4.78, 5) is 19.0. The summed E-state index contributed by atoms with van der Waals surface area (Å²) in [5.41, 5.74) is 1.65. The van der Waals surface area contributed by atoms with E-state index in [2.05, 4.69) is 27.7 Å². The highest BCUT2D eigenvalue weighted by Gasteiger charge is 2.52. The zero-order chi connectivity index (χ0) is 23.4. The fraction of sp³-hybridized carbons (Fsp3) is 0.520. The first-order valence-corrected chi connectivity index (χ1v) is 11.4. The summed E-state index contributed by atoms with van der Waals surface area (Å²) in [6, 6.07) is 9.61. The van der Waals surface area contributed by atoms with Gasteiger partial charge in [0, 0.05) is 18.0 Å². The van der Waals surface area contributed by atoms with Crippen LogP contribution in [-0.4, -0.2) is 32.9 Å². The molecule has 0 unspecified atom stereocenters. The van der Waals surface area contributed by atoms with Crippen molar-refractivity contribution in [1.82, 2.24) is 14.7 Å². The molecule has 1 aromatic carbocycles. The van der Waals surface area contributed by atoms with Gasteiger partial charge in [-0.1, -0.05) is 32.9 Å². The molecule has 2 aliphatic rings. The van der Waals surface area contributed by atoms with E-state index in [1.807, 2.05) is 45.3 Å². The van der Waals surface area contributed by atoms with Crippen LogP contribution in [0.4, 0.5) is 10.6 Å². The van der Waals surface area contributed by atoms with Crippen LogP contribution < -0.4 is 4.90 Å². The van der Waals surface area contributed by atoms with Crippen molar-refractivity contribution in [2.45, 2.75) is 70.9 Å². The highest BCUT2D eigenvalue weighted by Crippen LogP contribution is 2.48. The first kappa shape index (κ1) is 21.5. The van der Waals surface area contributed by atoms with Crippen LogP contribution >= 0.6 is 0 Å². The van der Waals surface area contributed by atoms with E-state index in [9.17, 15) is 10.1 Å². The molecule has 0 bridgehead atoms. The Balaban J connectivity index is 1.38. The molecule has 3 heterocycles. The number of ether oxygens (including phenoxy) is 1. The fourth-order valence-electron chi connectivity index (χ4n) is 5.36. The molecule has 5 rings (SSSR count). The largest absolute Gasteiger partial charge is 0.441 e. The molecule has 1 spiro atoms. The second kappa shape index (κ2) is 7.34. The van der Waals surface area contributed by atoms with Gasteiger partial charge < -0.3 is 13.8 Å². The molecular weight excluding hydrogens is 418 g/mol. The van der Waals surface area contributed by atoms with E-state index in [-0.39, 0.29) is 16.9 Å². The second-order valence-electron chi connectivity index (χ2n) is 11.0. The molecule has 2 aromatic heterocycles. The summed E-state index contributed by atoms with van der Waals surface area (Å²) in [5.74, 6) is 1.25. The fourth-order valence-corrected chi connectivity index (χ4v) is 5.36. The number of anilines is 1. The van der Waals surface area contributed by atoms with Gasteiger partial charge in [0.15, 0.2) is 5.82 Å². The summed E-state index contributed by atoms with van der Waals surface area (Å²) < 4.78 is 13.7. The standard InChI is InChI=1S/C25H29N5O3/c1-23(2,3)20-11-21(28-33-20)30-15-25(32-22(30)31)9-5-8-24(4,13-25)14-29-16-27-18-7-6-17(12-26)10-19(18)29/h6-7,10-11,16H,5,8-9,13-15H2,1-4H3/t24-,25-/m0/s1. The Kier molecular flexibility index (Phi) is 4.78. The van der Waals surface area contributed by atoms with Crippen molar-refractivity contribution < 1.29 is 14.1 Å². The first-order chi connectivity index (χ1) is 15.6. The normalized spacial score (nSPS) is 25.5. The molecule has 0 radical (unpaired) electrons. The maximum atomic E-state index is 12.9. The van der Waals surface area contributed by atoms with Gasteiger partial charge in [0.2, 0.25) is 0 Å². The minimum absolute atomic E-state index is 0.0782. The van der Waals surface area contributed by atoms with Crippen molar-refractivity contribution in [3.8, 4) is 6.07 Å². The van der Waals surface area contributed by atoms with Crippen molar-refractivity contribution in [2.75, 3.05) is 11.4 Å². The number of amides is 1. The maximum absolute atomic E-state index is 12.9. The molecule has 1 saturated heterocycles. The minimum atomic E-state index is -0.543. The molecule has 8 nitrogen and oxygen atoms in total. The number of carbonyl (C=O) groups is 1. The average molecular weight is 448 g/mol. The van der Waals surface area contributed by atoms with Crippen LogP contribution in [0, 0.1) is 16.7 Å². The maximum Gasteiger partial charge on any atom is 0.416 e. The number of benzene rings is 1. The summed E-state index contributed by atoms with van der Waals surface area (Å²) in [6.45, 7) is 9.61. The van der Waals surface area contributed by atoms with Crippen LogP contribution in [-0.2, 0) is 16.7 Å². The third-order valence-electron chi connectivity index (χ3n) is 6.95. The van der Waals surface area contributed by atoms with Crippen molar-refractivity contribution >= 4 is 22.9 Å². The van der Waals surface area contributed by atoms with Gasteiger partial charge >= 0.3 is 6.09 Å². The van der Waals surface area contributed by atoms with Crippen molar-refractivity contribution in [3.05, 3.63) is 41.9 Å². The van der Waals surface area contributed by atoms with E-state index >= 15 is 0 Å². The topological polar surface area (TPSA) is 97.2 Å². The van der Waals surface area contributed by atoms with Gasteiger partial charge in [0.05, 0.1) is 35.5 Å². The van der Waals surface area contributed by atoms with Crippen LogP contribution in [0.25, 0.3) is 11.0 Å². The third kappa shape index (κ3) is 3.86. The third-order valence-corrected chi connectivity index (χ3v) is 6.95. The van der Waals surface area contributed by atoms with Crippen molar-refractivity contribution in [2.24, 2.45) is 5.41 Å². The van der Waals surface area contributed by atoms with E-state index < -0.39 is 5.60 Å². The Labute approximate surface area is 193 Å². The number of fused-ring (bicyclic) bond motifs is 1. The van der Waals surface area contributed by atoms with Gasteiger partial charge in [-0.15, -0.1) is 0 Å². The second-order valence-corrected chi connectivity index (χ2v) is 11.0. The quantitative estimate of drug-likeness (QED) is 0.549. The van der Waals surface area contributed by atoms with Crippen LogP contribution in [0.15, 0.2) is 35.1 Å². The van der Waals surface area contributed by atoms with Crippen molar-refractivity contribution in [1.29, 1.82) is 5.26 Å². The summed E-state index contributed by atoms with van der Waals surface area (Å²) in [7, 11) is 0. The van der Waals surface area contributed by atoms with Gasteiger partial charge in [-0.05, 0) is 49.3 Å².